The molecule has 0 spiro atoms. The lowest BCUT2D eigenvalue weighted by Crippen LogP contribution is -2.38. The number of allylic oxidation sites excluding steroid dienone is 1. The first-order valence-electron chi connectivity index (χ1n) is 16.3. The number of hydrogen-bond donors (Lipinski definition) is 4. The number of benzene rings is 3. The molecule has 4 aromatic rings. The number of aliphatic hydroxyl groups is 1. The van der Waals surface area contributed by atoms with Gasteiger partial charge in [0.1, 0.15) is 11.3 Å². The SMILES string of the molecule is COc1ccc(S(=O)(=O)N(CCO)CCOC2CC(c3coc4ccccc34)C=C(C(=O)NCCCCC(=O)Nc3ccccc3N)O2)cc1. The molecule has 13 nitrogen and oxygen atoms in total. The second-order valence-corrected chi connectivity index (χ2v) is 13.6. The van der Waals surface area contributed by atoms with Crippen LogP contribution in [-0.2, 0) is 29.1 Å². The number of methoxy groups -OCH3 is 1. The van der Waals surface area contributed by atoms with Crippen LogP contribution in [0.25, 0.3) is 11.0 Å². The minimum atomic E-state index is -3.95. The average molecular weight is 707 g/mol. The first kappa shape index (κ1) is 36.4. The number of fused-ring (bicyclic) bond motifs is 1. The molecule has 1 aliphatic rings. The van der Waals surface area contributed by atoms with Crippen molar-refractivity contribution < 1.29 is 41.7 Å². The van der Waals surface area contributed by atoms with Gasteiger partial charge < -0.3 is 40.1 Å². The molecule has 2 heterocycles. The van der Waals surface area contributed by atoms with Gasteiger partial charge in [-0.2, -0.15) is 4.31 Å². The van der Waals surface area contributed by atoms with E-state index in [0.29, 0.717) is 48.5 Å². The number of carbonyl (C=O) groups is 2. The van der Waals surface area contributed by atoms with Crippen molar-refractivity contribution in [2.24, 2.45) is 0 Å². The molecule has 0 bridgehead atoms. The van der Waals surface area contributed by atoms with Gasteiger partial charge in [0.05, 0.1) is 42.9 Å². The van der Waals surface area contributed by atoms with E-state index in [0.717, 1.165) is 15.3 Å². The monoisotopic (exact) mass is 706 g/mol. The van der Waals surface area contributed by atoms with Crippen molar-refractivity contribution in [3.05, 3.63) is 96.5 Å². The Bertz CT molecular complexity index is 1890. The summed E-state index contributed by atoms with van der Waals surface area (Å²) in [5.41, 5.74) is 8.50. The van der Waals surface area contributed by atoms with Crippen LogP contribution in [-0.4, -0.2) is 75.9 Å². The molecule has 0 saturated heterocycles. The van der Waals surface area contributed by atoms with Crippen LogP contribution in [0.2, 0.25) is 0 Å². The van der Waals surface area contributed by atoms with Crippen LogP contribution >= 0.6 is 0 Å². The van der Waals surface area contributed by atoms with Crippen LogP contribution in [0.15, 0.2) is 100 Å². The van der Waals surface area contributed by atoms with E-state index in [-0.39, 0.29) is 55.2 Å². The maximum atomic E-state index is 13.3. The highest BCUT2D eigenvalue weighted by Crippen LogP contribution is 2.36. The first-order valence-corrected chi connectivity index (χ1v) is 17.8. The fraction of sp³-hybridized carbons (Fsp3) is 0.333. The molecule has 2 unspecified atom stereocenters. The Kier molecular flexibility index (Phi) is 12.5. The van der Waals surface area contributed by atoms with Crippen molar-refractivity contribution >= 4 is 44.2 Å². The Morgan fingerprint density at radius 3 is 2.54 bits per heavy atom. The Hall–Kier alpha value is -4.89. The molecule has 0 aliphatic carbocycles. The van der Waals surface area contributed by atoms with Crippen molar-refractivity contribution in [2.75, 3.05) is 51.0 Å². The predicted octanol–water partition coefficient (Wildman–Crippen LogP) is 4.36. The van der Waals surface area contributed by atoms with E-state index in [1.54, 1.807) is 48.7 Å². The van der Waals surface area contributed by atoms with Gasteiger partial charge in [-0.15, -0.1) is 0 Å². The van der Waals surface area contributed by atoms with Crippen molar-refractivity contribution in [3.63, 3.8) is 0 Å². The van der Waals surface area contributed by atoms with E-state index in [1.165, 1.54) is 19.2 Å². The minimum absolute atomic E-state index is 0.0518. The van der Waals surface area contributed by atoms with Gasteiger partial charge in [-0.25, -0.2) is 8.42 Å². The van der Waals surface area contributed by atoms with E-state index in [9.17, 15) is 23.1 Å². The van der Waals surface area contributed by atoms with Crippen LogP contribution < -0.4 is 21.1 Å². The number of nitrogens with zero attached hydrogens (tertiary/aromatic N) is 1. The Balaban J connectivity index is 1.20. The molecule has 50 heavy (non-hydrogen) atoms. The number of carbonyl (C=O) groups excluding carboxylic acids is 2. The van der Waals surface area contributed by atoms with Crippen molar-refractivity contribution in [1.29, 1.82) is 0 Å². The van der Waals surface area contributed by atoms with Crippen LogP contribution in [0.3, 0.4) is 0 Å². The van der Waals surface area contributed by atoms with Gasteiger partial charge in [-0.05, 0) is 61.4 Å². The number of anilines is 2. The van der Waals surface area contributed by atoms with Crippen LogP contribution in [0.1, 0.15) is 37.2 Å². The highest BCUT2D eigenvalue weighted by atomic mass is 32.2. The largest absolute Gasteiger partial charge is 0.497 e. The summed E-state index contributed by atoms with van der Waals surface area (Å²) in [6.45, 7) is -0.342. The normalized spacial score (nSPS) is 16.1. The van der Waals surface area contributed by atoms with Crippen LogP contribution in [0.5, 0.6) is 5.75 Å². The van der Waals surface area contributed by atoms with Gasteiger partial charge in [0.2, 0.25) is 22.2 Å². The number of hydrogen-bond acceptors (Lipinski definition) is 10. The second kappa shape index (κ2) is 17.2. The Morgan fingerprint density at radius 2 is 1.78 bits per heavy atom. The van der Waals surface area contributed by atoms with Gasteiger partial charge in [-0.1, -0.05) is 30.3 Å². The maximum Gasteiger partial charge on any atom is 0.286 e. The van der Waals surface area contributed by atoms with Gasteiger partial charge in [0.25, 0.3) is 5.91 Å². The molecule has 1 aromatic heterocycles. The number of unbranched alkanes of at least 4 members (excludes halogenated alkanes) is 1. The zero-order valence-electron chi connectivity index (χ0n) is 27.7. The molecular formula is C36H42N4O9S. The molecule has 2 amide bonds. The summed E-state index contributed by atoms with van der Waals surface area (Å²) in [5, 5.41) is 16.2. The molecule has 0 radical (unpaired) electrons. The molecule has 1 aliphatic heterocycles. The molecule has 14 heteroatoms. The third-order valence-corrected chi connectivity index (χ3v) is 10.1. The predicted molar refractivity (Wildman–Crippen MR) is 188 cm³/mol. The molecule has 5 rings (SSSR count). The van der Waals surface area contributed by atoms with Gasteiger partial charge in [0, 0.05) is 49.3 Å². The third-order valence-electron chi connectivity index (χ3n) is 8.23. The summed E-state index contributed by atoms with van der Waals surface area (Å²) in [4.78, 5) is 25.7. The fourth-order valence-corrected chi connectivity index (χ4v) is 7.01. The molecule has 2 atom stereocenters. The maximum absolute atomic E-state index is 13.3. The molecular weight excluding hydrogens is 664 g/mol. The Morgan fingerprint density at radius 1 is 1.02 bits per heavy atom. The summed E-state index contributed by atoms with van der Waals surface area (Å²) >= 11 is 0. The molecule has 0 saturated carbocycles. The highest BCUT2D eigenvalue weighted by Gasteiger charge is 2.31. The number of sulfonamides is 1. The van der Waals surface area contributed by atoms with E-state index < -0.39 is 22.2 Å². The second-order valence-electron chi connectivity index (χ2n) is 11.6. The summed E-state index contributed by atoms with van der Waals surface area (Å²) in [7, 11) is -2.46. The quantitative estimate of drug-likeness (QED) is 0.0909. The van der Waals surface area contributed by atoms with Crippen LogP contribution in [0.4, 0.5) is 11.4 Å². The number of nitrogens with two attached hydrogens (primary N) is 1. The summed E-state index contributed by atoms with van der Waals surface area (Å²) in [6.07, 6.45) is 4.20. The van der Waals surface area contributed by atoms with Gasteiger partial charge in [-0.3, -0.25) is 9.59 Å². The number of rotatable bonds is 17. The number of amides is 2. The number of para-hydroxylation sites is 3. The van der Waals surface area contributed by atoms with Crippen molar-refractivity contribution in [1.82, 2.24) is 9.62 Å². The zero-order valence-corrected chi connectivity index (χ0v) is 28.6. The van der Waals surface area contributed by atoms with Crippen molar-refractivity contribution in [2.45, 2.75) is 42.8 Å². The lowest BCUT2D eigenvalue weighted by Gasteiger charge is -2.30. The molecule has 5 N–H and O–H groups in total. The van der Waals surface area contributed by atoms with Gasteiger partial charge in [0.15, 0.2) is 5.76 Å². The number of aliphatic hydroxyl groups excluding tert-OH is 1. The number of nitrogens with one attached hydrogen (secondary N) is 2. The molecule has 3 aromatic carbocycles. The van der Waals surface area contributed by atoms with Gasteiger partial charge >= 0.3 is 0 Å². The van der Waals surface area contributed by atoms with E-state index in [2.05, 4.69) is 10.6 Å². The molecule has 0 fully saturated rings. The summed E-state index contributed by atoms with van der Waals surface area (Å²) < 4.78 is 50.7. The Labute approximate surface area is 291 Å². The fourth-order valence-electron chi connectivity index (χ4n) is 5.59. The lowest BCUT2D eigenvalue weighted by molar-refractivity contribution is -0.146. The third kappa shape index (κ3) is 9.21. The standard InChI is InChI=1S/C36H42N4O9S/c1-46-26-13-15-27(16-14-26)50(44,45)40(18-20-41)19-21-47-35-23-25(29-24-48-32-11-5-2-8-28(29)32)22-33(49-35)36(43)38-17-7-6-12-34(42)39-31-10-4-3-9-30(31)37/h2-5,8-11,13-16,22,24-25,35,41H,6-7,12,17-21,23,37H2,1H3,(H,38,43)(H,39,42). The zero-order chi connectivity index (χ0) is 35.5. The highest BCUT2D eigenvalue weighted by molar-refractivity contribution is 7.89. The smallest absolute Gasteiger partial charge is 0.286 e. The number of furan rings is 1. The van der Waals surface area contributed by atoms with E-state index in [1.807, 2.05) is 24.3 Å². The average Bonchev–Trinajstić information content (AvgIpc) is 3.56. The summed E-state index contributed by atoms with van der Waals surface area (Å²) in [5.74, 6) is -0.338. The van der Waals surface area contributed by atoms with Crippen molar-refractivity contribution in [3.8, 4) is 5.75 Å². The summed E-state index contributed by atoms with van der Waals surface area (Å²) in [6, 6.07) is 20.6. The number of ether oxygens (including phenoxy) is 3. The lowest BCUT2D eigenvalue weighted by atomic mass is 9.92. The topological polar surface area (TPSA) is 183 Å². The molecule has 266 valence electrons. The first-order chi connectivity index (χ1) is 24.2. The van der Waals surface area contributed by atoms with Crippen LogP contribution in [0, 0.1) is 0 Å². The minimum Gasteiger partial charge on any atom is -0.497 e. The van der Waals surface area contributed by atoms with E-state index >= 15 is 0 Å². The van der Waals surface area contributed by atoms with E-state index in [4.69, 9.17) is 24.4 Å². The number of nitrogen functional groups attached to an aromatic ring is 1.